The van der Waals surface area contributed by atoms with Gasteiger partial charge in [-0.1, -0.05) is 12.0 Å². The number of hydrogen-bond donors (Lipinski definition) is 1. The van der Waals surface area contributed by atoms with Gasteiger partial charge in [0.2, 0.25) is 0 Å². The van der Waals surface area contributed by atoms with Gasteiger partial charge < -0.3 is 10.1 Å². The van der Waals surface area contributed by atoms with Crippen LogP contribution in [0.1, 0.15) is 10.7 Å². The second-order valence-electron chi connectivity index (χ2n) is 2.78. The number of carbonyl (C=O) groups is 1. The van der Waals surface area contributed by atoms with Gasteiger partial charge in [-0.25, -0.2) is 9.78 Å². The van der Waals surface area contributed by atoms with Crippen molar-refractivity contribution in [2.24, 2.45) is 0 Å². The van der Waals surface area contributed by atoms with Gasteiger partial charge in [0.25, 0.3) is 0 Å². The predicted molar refractivity (Wildman–Crippen MR) is 63.3 cm³/mol. The third kappa shape index (κ3) is 4.15. The fourth-order valence-electron chi connectivity index (χ4n) is 0.914. The number of ether oxygens (including phenoxy) is 1. The molecule has 0 aromatic carbocycles. The molecule has 0 bridgehead atoms. The van der Waals surface area contributed by atoms with E-state index < -0.39 is 6.09 Å². The summed E-state index contributed by atoms with van der Waals surface area (Å²) in [7, 11) is 1.31. The van der Waals surface area contributed by atoms with Gasteiger partial charge in [0.05, 0.1) is 19.3 Å². The second kappa shape index (κ2) is 6.64. The van der Waals surface area contributed by atoms with Crippen molar-refractivity contribution in [1.29, 1.82) is 0 Å². The van der Waals surface area contributed by atoms with Crippen molar-refractivity contribution in [2.45, 2.75) is 6.42 Å². The minimum absolute atomic E-state index is 0.253. The van der Waals surface area contributed by atoms with Gasteiger partial charge >= 0.3 is 6.09 Å². The van der Waals surface area contributed by atoms with Gasteiger partial charge in [-0.05, 0) is 5.92 Å². The average Bonchev–Trinajstić information content (AvgIpc) is 2.72. The number of nitrogens with zero attached hydrogens (tertiary/aromatic N) is 1. The maximum atomic E-state index is 10.7. The van der Waals surface area contributed by atoms with Gasteiger partial charge in [-0.2, -0.15) is 0 Å². The number of alkyl carbamates (subject to hydrolysis) is 1. The molecule has 0 aliphatic heterocycles. The smallest absolute Gasteiger partial charge is 0.407 e. The van der Waals surface area contributed by atoms with Crippen LogP contribution in [0.4, 0.5) is 4.79 Å². The topological polar surface area (TPSA) is 51.2 Å². The van der Waals surface area contributed by atoms with Crippen molar-refractivity contribution >= 4 is 17.4 Å². The molecule has 1 heterocycles. The third-order valence-corrected chi connectivity index (χ3v) is 2.41. The van der Waals surface area contributed by atoms with Crippen molar-refractivity contribution in [3.63, 3.8) is 0 Å². The zero-order valence-corrected chi connectivity index (χ0v) is 9.76. The number of carbonyl (C=O) groups excluding carboxylic acids is 1. The molecule has 0 aliphatic rings. The quantitative estimate of drug-likeness (QED) is 0.640. The van der Waals surface area contributed by atoms with Crippen molar-refractivity contribution in [3.8, 4) is 11.8 Å². The lowest BCUT2D eigenvalue weighted by atomic mass is 10.3. The van der Waals surface area contributed by atoms with Gasteiger partial charge in [-0.15, -0.1) is 17.9 Å². The Kier molecular flexibility index (Phi) is 5.09. The molecule has 0 atom stereocenters. The molecule has 1 aromatic rings. The van der Waals surface area contributed by atoms with E-state index in [9.17, 15) is 4.79 Å². The van der Waals surface area contributed by atoms with Crippen LogP contribution in [0.25, 0.3) is 0 Å². The molecule has 0 aliphatic carbocycles. The number of hydrogen-bond acceptors (Lipinski definition) is 4. The molecule has 0 spiro atoms. The summed E-state index contributed by atoms with van der Waals surface area (Å²) in [5, 5.41) is 5.14. The van der Waals surface area contributed by atoms with Gasteiger partial charge in [0.15, 0.2) is 5.01 Å². The van der Waals surface area contributed by atoms with Crippen LogP contribution >= 0.6 is 11.3 Å². The first-order valence-corrected chi connectivity index (χ1v) is 5.50. The lowest BCUT2D eigenvalue weighted by molar-refractivity contribution is 0.172. The predicted octanol–water partition coefficient (Wildman–Crippen LogP) is 1.58. The van der Waals surface area contributed by atoms with E-state index in [1.807, 2.05) is 5.38 Å². The molecule has 0 unspecified atom stereocenters. The summed E-state index contributed by atoms with van der Waals surface area (Å²) in [5.74, 6) is 5.64. The first-order chi connectivity index (χ1) is 7.76. The number of aromatic nitrogens is 1. The Balaban J connectivity index is 2.43. The standard InChI is InChI=1S/C11H12N2O2S/c1-3-5-9-8-16-10(13-9)6-4-7-12-11(14)15-2/h3,8H,1,5,7H2,2H3,(H,12,14). The van der Waals surface area contributed by atoms with E-state index in [2.05, 4.69) is 33.5 Å². The minimum Gasteiger partial charge on any atom is -0.453 e. The molecule has 84 valence electrons. The zero-order chi connectivity index (χ0) is 11.8. The van der Waals surface area contributed by atoms with E-state index in [0.717, 1.165) is 17.1 Å². The highest BCUT2D eigenvalue weighted by atomic mass is 32.1. The van der Waals surface area contributed by atoms with Crippen molar-refractivity contribution < 1.29 is 9.53 Å². The highest BCUT2D eigenvalue weighted by Gasteiger charge is 1.96. The Morgan fingerprint density at radius 2 is 2.62 bits per heavy atom. The van der Waals surface area contributed by atoms with Crippen molar-refractivity contribution in [1.82, 2.24) is 10.3 Å². The maximum Gasteiger partial charge on any atom is 0.407 e. The van der Waals surface area contributed by atoms with E-state index in [1.54, 1.807) is 6.08 Å². The number of thiazole rings is 1. The fourth-order valence-corrected chi connectivity index (χ4v) is 1.61. The van der Waals surface area contributed by atoms with Crippen LogP contribution in [0, 0.1) is 11.8 Å². The van der Waals surface area contributed by atoms with Crippen LogP contribution in [-0.2, 0) is 11.2 Å². The first-order valence-electron chi connectivity index (χ1n) is 4.62. The molecule has 0 saturated heterocycles. The normalized spacial score (nSPS) is 8.81. The van der Waals surface area contributed by atoms with E-state index >= 15 is 0 Å². The van der Waals surface area contributed by atoms with Crippen molar-refractivity contribution in [3.05, 3.63) is 28.7 Å². The van der Waals surface area contributed by atoms with E-state index in [4.69, 9.17) is 0 Å². The van der Waals surface area contributed by atoms with Crippen LogP contribution in [0.3, 0.4) is 0 Å². The second-order valence-corrected chi connectivity index (χ2v) is 3.64. The summed E-state index contributed by atoms with van der Waals surface area (Å²) < 4.78 is 4.40. The summed E-state index contributed by atoms with van der Waals surface area (Å²) in [6, 6.07) is 0. The molecule has 1 rings (SSSR count). The fraction of sp³-hybridized carbons (Fsp3) is 0.273. The average molecular weight is 236 g/mol. The summed E-state index contributed by atoms with van der Waals surface area (Å²) in [6.45, 7) is 3.89. The van der Waals surface area contributed by atoms with E-state index in [-0.39, 0.29) is 6.54 Å². The van der Waals surface area contributed by atoms with Crippen molar-refractivity contribution in [2.75, 3.05) is 13.7 Å². The maximum absolute atomic E-state index is 10.7. The first kappa shape index (κ1) is 12.3. The largest absolute Gasteiger partial charge is 0.453 e. The lowest BCUT2D eigenvalue weighted by Gasteiger charge is -1.95. The number of rotatable bonds is 3. The summed E-state index contributed by atoms with van der Waals surface area (Å²) in [6.07, 6.45) is 2.06. The Morgan fingerprint density at radius 1 is 1.81 bits per heavy atom. The summed E-state index contributed by atoms with van der Waals surface area (Å²) in [4.78, 5) is 15.0. The highest BCUT2D eigenvalue weighted by Crippen LogP contribution is 2.08. The molecule has 4 nitrogen and oxygen atoms in total. The SMILES string of the molecule is C=CCc1csc(C#CCNC(=O)OC)n1. The number of nitrogens with one attached hydrogen (secondary N) is 1. The van der Waals surface area contributed by atoms with Crippen LogP contribution < -0.4 is 5.32 Å². The molecule has 5 heteroatoms. The number of amides is 1. The van der Waals surface area contributed by atoms with Gasteiger partial charge in [0, 0.05) is 11.8 Å². The number of methoxy groups -OCH3 is 1. The zero-order valence-electron chi connectivity index (χ0n) is 8.95. The third-order valence-electron chi connectivity index (χ3n) is 1.61. The molecule has 0 radical (unpaired) electrons. The summed E-state index contributed by atoms with van der Waals surface area (Å²) in [5.41, 5.74) is 0.963. The molecular weight excluding hydrogens is 224 g/mol. The monoisotopic (exact) mass is 236 g/mol. The Hall–Kier alpha value is -1.80. The summed E-state index contributed by atoms with van der Waals surface area (Å²) >= 11 is 1.48. The van der Waals surface area contributed by atoms with Crippen LogP contribution in [0.15, 0.2) is 18.0 Å². The molecule has 1 amide bonds. The lowest BCUT2D eigenvalue weighted by Crippen LogP contribution is -2.22. The van der Waals surface area contributed by atoms with Crippen LogP contribution in [-0.4, -0.2) is 24.7 Å². The van der Waals surface area contributed by atoms with Crippen LogP contribution in [0.5, 0.6) is 0 Å². The molecule has 1 N–H and O–H groups in total. The minimum atomic E-state index is -0.485. The molecular formula is C11H12N2O2S. The van der Waals surface area contributed by atoms with E-state index in [1.165, 1.54) is 18.4 Å². The van der Waals surface area contributed by atoms with Gasteiger partial charge in [0.1, 0.15) is 0 Å². The molecule has 0 fully saturated rings. The Labute approximate surface area is 98.3 Å². The Bertz CT molecular complexity index is 429. The highest BCUT2D eigenvalue weighted by molar-refractivity contribution is 7.10. The Morgan fingerprint density at radius 3 is 3.31 bits per heavy atom. The molecule has 16 heavy (non-hydrogen) atoms. The van der Waals surface area contributed by atoms with Gasteiger partial charge in [-0.3, -0.25) is 0 Å². The van der Waals surface area contributed by atoms with Crippen LogP contribution in [0.2, 0.25) is 0 Å². The molecule has 1 aromatic heterocycles. The van der Waals surface area contributed by atoms with E-state index in [0.29, 0.717) is 0 Å². The molecule has 0 saturated carbocycles. The number of allylic oxidation sites excluding steroid dienone is 1.